The number of fused-ring (bicyclic) bond motifs is 1. The number of benzene rings is 2. The quantitative estimate of drug-likeness (QED) is 0.750. The molecule has 0 bridgehead atoms. The molecule has 2 aromatic carbocycles. The fourth-order valence-electron chi connectivity index (χ4n) is 3.41. The number of hydrogen-bond acceptors (Lipinski definition) is 5. The summed E-state index contributed by atoms with van der Waals surface area (Å²) >= 11 is 6.21. The summed E-state index contributed by atoms with van der Waals surface area (Å²) in [4.78, 5) is 18.9. The minimum Gasteiger partial charge on any atom is -0.358 e. The summed E-state index contributed by atoms with van der Waals surface area (Å²) in [6.45, 7) is 1.04. The van der Waals surface area contributed by atoms with Crippen LogP contribution in [0.2, 0.25) is 5.02 Å². The first-order valence-corrected chi connectivity index (χ1v) is 9.13. The molecule has 4 rings (SSSR count). The summed E-state index contributed by atoms with van der Waals surface area (Å²) in [5, 5.41) is 7.37. The van der Waals surface area contributed by atoms with Crippen molar-refractivity contribution in [1.29, 1.82) is 0 Å². The maximum atomic E-state index is 12.4. The van der Waals surface area contributed by atoms with E-state index in [1.54, 1.807) is 13.1 Å². The van der Waals surface area contributed by atoms with E-state index in [1.807, 2.05) is 30.3 Å². The molecule has 27 heavy (non-hydrogen) atoms. The topological polar surface area (TPSA) is 71.3 Å². The molecule has 1 N–H and O–H groups in total. The zero-order chi connectivity index (χ0) is 18.8. The number of aromatic nitrogens is 2. The smallest absolute Gasteiger partial charge is 0.241 e. The van der Waals surface area contributed by atoms with Gasteiger partial charge in [-0.25, -0.2) is 0 Å². The van der Waals surface area contributed by atoms with Crippen molar-refractivity contribution in [2.24, 2.45) is 0 Å². The molecule has 2 heterocycles. The van der Waals surface area contributed by atoms with Crippen LogP contribution in [0.15, 0.2) is 53.1 Å². The second kappa shape index (κ2) is 7.50. The fourth-order valence-corrected chi connectivity index (χ4v) is 3.63. The molecule has 6 nitrogen and oxygen atoms in total. The van der Waals surface area contributed by atoms with E-state index in [9.17, 15) is 4.79 Å². The molecule has 0 aliphatic carbocycles. The summed E-state index contributed by atoms with van der Waals surface area (Å²) in [5.41, 5.74) is 3.13. The lowest BCUT2D eigenvalue weighted by molar-refractivity contribution is -0.126. The maximum absolute atomic E-state index is 12.4. The Morgan fingerprint density at radius 2 is 1.96 bits per heavy atom. The van der Waals surface area contributed by atoms with Gasteiger partial charge in [0.1, 0.15) is 0 Å². The highest BCUT2D eigenvalue weighted by Gasteiger charge is 2.32. The van der Waals surface area contributed by atoms with E-state index in [2.05, 4.69) is 32.5 Å². The Kier molecular flexibility index (Phi) is 4.92. The molecule has 0 spiro atoms. The maximum Gasteiger partial charge on any atom is 0.241 e. The van der Waals surface area contributed by atoms with Crippen LogP contribution < -0.4 is 5.32 Å². The standard InChI is InChI=1S/C20H19ClN4O2/c1-22-20(26)17-10-13-6-2-3-7-14(13)11-25(17)12-18-23-19(24-27-18)15-8-4-5-9-16(15)21/h2-9,17H,10-12H2,1H3,(H,22,26)/t17-/m0/s1. The normalized spacial score (nSPS) is 16.7. The molecule has 0 radical (unpaired) electrons. The van der Waals surface area contributed by atoms with Crippen LogP contribution in [0.25, 0.3) is 11.4 Å². The zero-order valence-corrected chi connectivity index (χ0v) is 15.6. The molecule has 1 amide bonds. The van der Waals surface area contributed by atoms with Gasteiger partial charge in [0, 0.05) is 19.2 Å². The number of amides is 1. The van der Waals surface area contributed by atoms with E-state index >= 15 is 0 Å². The molecule has 0 fully saturated rings. The molecule has 1 atom stereocenters. The highest BCUT2D eigenvalue weighted by atomic mass is 35.5. The Morgan fingerprint density at radius 3 is 2.74 bits per heavy atom. The third-order valence-corrected chi connectivity index (χ3v) is 5.15. The summed E-state index contributed by atoms with van der Waals surface area (Å²) in [5.74, 6) is 0.887. The number of halogens is 1. The molecule has 0 saturated carbocycles. The van der Waals surface area contributed by atoms with E-state index in [0.717, 1.165) is 5.56 Å². The molecule has 1 aliphatic heterocycles. The van der Waals surface area contributed by atoms with Gasteiger partial charge >= 0.3 is 0 Å². The number of nitrogens with zero attached hydrogens (tertiary/aromatic N) is 3. The van der Waals surface area contributed by atoms with Crippen LogP contribution in [-0.4, -0.2) is 34.0 Å². The van der Waals surface area contributed by atoms with Gasteiger partial charge < -0.3 is 9.84 Å². The van der Waals surface area contributed by atoms with Crippen molar-refractivity contribution in [1.82, 2.24) is 20.4 Å². The van der Waals surface area contributed by atoms with Crippen LogP contribution in [-0.2, 0) is 24.3 Å². The molecular weight excluding hydrogens is 364 g/mol. The van der Waals surface area contributed by atoms with Crippen LogP contribution in [0, 0.1) is 0 Å². The van der Waals surface area contributed by atoms with Gasteiger partial charge in [-0.3, -0.25) is 9.69 Å². The Balaban J connectivity index is 1.59. The van der Waals surface area contributed by atoms with Crippen molar-refractivity contribution in [3.05, 3.63) is 70.6 Å². The van der Waals surface area contributed by atoms with Crippen LogP contribution in [0.1, 0.15) is 17.0 Å². The number of likely N-dealkylation sites (N-methyl/N-ethyl adjacent to an activating group) is 1. The monoisotopic (exact) mass is 382 g/mol. The SMILES string of the molecule is CNC(=O)[C@@H]1Cc2ccccc2CN1Cc1nc(-c2ccccc2Cl)no1. The third-order valence-electron chi connectivity index (χ3n) is 4.82. The fraction of sp³-hybridized carbons (Fsp3) is 0.250. The van der Waals surface area contributed by atoms with E-state index in [-0.39, 0.29) is 11.9 Å². The van der Waals surface area contributed by atoms with Crippen molar-refractivity contribution in [2.45, 2.75) is 25.6 Å². The lowest BCUT2D eigenvalue weighted by Gasteiger charge is -2.34. The second-order valence-corrected chi connectivity index (χ2v) is 6.91. The molecule has 7 heteroatoms. The highest BCUT2D eigenvalue weighted by molar-refractivity contribution is 6.33. The summed E-state index contributed by atoms with van der Waals surface area (Å²) in [6.07, 6.45) is 0.654. The number of rotatable bonds is 4. The molecular formula is C20H19ClN4O2. The second-order valence-electron chi connectivity index (χ2n) is 6.50. The van der Waals surface area contributed by atoms with Gasteiger partial charge in [-0.1, -0.05) is 53.2 Å². The zero-order valence-electron chi connectivity index (χ0n) is 14.9. The van der Waals surface area contributed by atoms with Crippen molar-refractivity contribution in [3.63, 3.8) is 0 Å². The van der Waals surface area contributed by atoms with Crippen LogP contribution in [0.3, 0.4) is 0 Å². The van der Waals surface area contributed by atoms with Gasteiger partial charge in [0.2, 0.25) is 17.6 Å². The van der Waals surface area contributed by atoms with Crippen molar-refractivity contribution in [2.75, 3.05) is 7.05 Å². The number of hydrogen-bond donors (Lipinski definition) is 1. The Morgan fingerprint density at radius 1 is 1.22 bits per heavy atom. The minimum atomic E-state index is -0.277. The van der Waals surface area contributed by atoms with Gasteiger partial charge in [0.15, 0.2) is 0 Å². The number of nitrogens with one attached hydrogen (secondary N) is 1. The van der Waals surface area contributed by atoms with Crippen LogP contribution >= 0.6 is 11.6 Å². The Hall–Kier alpha value is -2.70. The van der Waals surface area contributed by atoms with E-state index < -0.39 is 0 Å². The van der Waals surface area contributed by atoms with Crippen LogP contribution in [0.5, 0.6) is 0 Å². The first-order chi connectivity index (χ1) is 13.2. The van der Waals surface area contributed by atoms with Crippen molar-refractivity contribution >= 4 is 17.5 Å². The first kappa shape index (κ1) is 17.7. The largest absolute Gasteiger partial charge is 0.358 e. The van der Waals surface area contributed by atoms with E-state index in [1.165, 1.54) is 11.1 Å². The first-order valence-electron chi connectivity index (χ1n) is 8.75. The van der Waals surface area contributed by atoms with E-state index in [4.69, 9.17) is 16.1 Å². The lowest BCUT2D eigenvalue weighted by atomic mass is 9.93. The summed E-state index contributed by atoms with van der Waals surface area (Å²) in [6, 6.07) is 15.3. The third kappa shape index (κ3) is 3.59. The predicted octanol–water partition coefficient (Wildman–Crippen LogP) is 3.06. The van der Waals surface area contributed by atoms with E-state index in [0.29, 0.717) is 36.2 Å². The summed E-state index contributed by atoms with van der Waals surface area (Å²) in [7, 11) is 1.66. The van der Waals surface area contributed by atoms with Gasteiger partial charge in [-0.15, -0.1) is 0 Å². The Bertz CT molecular complexity index is 972. The molecule has 1 aromatic heterocycles. The number of carbonyl (C=O) groups excluding carboxylic acids is 1. The van der Waals surface area contributed by atoms with Gasteiger partial charge in [-0.2, -0.15) is 4.98 Å². The minimum absolute atomic E-state index is 0.0182. The van der Waals surface area contributed by atoms with Gasteiger partial charge in [-0.05, 0) is 29.7 Å². The molecule has 0 unspecified atom stereocenters. The number of carbonyl (C=O) groups is 1. The summed E-state index contributed by atoms with van der Waals surface area (Å²) < 4.78 is 5.43. The Labute approximate surface area is 162 Å². The predicted molar refractivity (Wildman–Crippen MR) is 102 cm³/mol. The average Bonchev–Trinajstić information content (AvgIpc) is 3.15. The van der Waals surface area contributed by atoms with Gasteiger partial charge in [0.25, 0.3) is 0 Å². The molecule has 3 aromatic rings. The van der Waals surface area contributed by atoms with Gasteiger partial charge in [0.05, 0.1) is 17.6 Å². The molecule has 138 valence electrons. The molecule has 0 saturated heterocycles. The van der Waals surface area contributed by atoms with Crippen molar-refractivity contribution < 1.29 is 9.32 Å². The molecule has 1 aliphatic rings. The van der Waals surface area contributed by atoms with Crippen molar-refractivity contribution in [3.8, 4) is 11.4 Å². The average molecular weight is 383 g/mol. The van der Waals surface area contributed by atoms with Crippen LogP contribution in [0.4, 0.5) is 0 Å². The highest BCUT2D eigenvalue weighted by Crippen LogP contribution is 2.27. The lowest BCUT2D eigenvalue weighted by Crippen LogP contribution is -2.49.